The average molecular weight is 767 g/mol. The summed E-state index contributed by atoms with van der Waals surface area (Å²) < 4.78 is 31.3. The lowest BCUT2D eigenvalue weighted by atomic mass is 9.73. The van der Waals surface area contributed by atoms with Crippen molar-refractivity contribution in [2.24, 2.45) is 23.7 Å². The van der Waals surface area contributed by atoms with Crippen molar-refractivity contribution in [1.82, 2.24) is 20.2 Å². The van der Waals surface area contributed by atoms with Gasteiger partial charge in [-0.05, 0) is 84.8 Å². The molecule has 0 spiro atoms. The van der Waals surface area contributed by atoms with Gasteiger partial charge in [0.25, 0.3) is 0 Å². The Labute approximate surface area is 323 Å². The number of nitrogens with one attached hydrogen (secondary N) is 1. The molecular weight excluding hydrogens is 708 g/mol. The molecule has 3 fully saturated rings. The minimum Gasteiger partial charge on any atom is -0.458 e. The maximum Gasteiger partial charge on any atom is 0.408 e. The third-order valence-electron chi connectivity index (χ3n) is 11.8. The van der Waals surface area contributed by atoms with E-state index >= 15 is 0 Å². The number of rotatable bonds is 8. The van der Waals surface area contributed by atoms with E-state index in [0.717, 1.165) is 10.9 Å². The van der Waals surface area contributed by atoms with Gasteiger partial charge < -0.3 is 39.0 Å². The van der Waals surface area contributed by atoms with Gasteiger partial charge in [-0.3, -0.25) is 14.4 Å². The maximum atomic E-state index is 14.4. The second kappa shape index (κ2) is 17.1. The van der Waals surface area contributed by atoms with Crippen molar-refractivity contribution in [3.63, 3.8) is 0 Å². The van der Waals surface area contributed by atoms with E-state index in [0.29, 0.717) is 12.1 Å². The van der Waals surface area contributed by atoms with Gasteiger partial charge in [-0.2, -0.15) is 0 Å². The van der Waals surface area contributed by atoms with Crippen LogP contribution in [0.2, 0.25) is 0 Å². The van der Waals surface area contributed by atoms with Gasteiger partial charge >= 0.3 is 12.1 Å². The van der Waals surface area contributed by atoms with E-state index in [1.807, 2.05) is 56.3 Å². The van der Waals surface area contributed by atoms with Crippen LogP contribution in [0.4, 0.5) is 4.79 Å². The quantitative estimate of drug-likeness (QED) is 0.284. The Morgan fingerprint density at radius 1 is 1.05 bits per heavy atom. The molecule has 3 aliphatic heterocycles. The zero-order valence-corrected chi connectivity index (χ0v) is 33.7. The normalized spacial score (nSPS) is 38.1. The van der Waals surface area contributed by atoms with E-state index in [1.165, 1.54) is 6.92 Å². The lowest BCUT2D eigenvalue weighted by Crippen LogP contribution is -2.60. The minimum atomic E-state index is -1.38. The molecule has 2 aromatic heterocycles. The molecule has 3 aliphatic rings. The number of Topliss-reactive ketones (excluding diaryl/α,β-unsaturated/α-hetero) is 2. The summed E-state index contributed by atoms with van der Waals surface area (Å²) in [6.07, 6.45) is 2.65. The number of ether oxygens (including phenoxy) is 5. The lowest BCUT2D eigenvalue weighted by molar-refractivity contribution is -0.296. The highest BCUT2D eigenvalue weighted by Crippen LogP contribution is 2.40. The second-order valence-electron chi connectivity index (χ2n) is 16.2. The Balaban J connectivity index is 1.56. The summed E-state index contributed by atoms with van der Waals surface area (Å²) >= 11 is 0. The standard InChI is InChI=1S/C41H58N4O10/c1-11-30-41(8)34(44-39(50)55-41)24(4)31(46)22(2)20-40(7,51-17-13-14-27-19-28-15-12-16-42-36(28)43-21-27)35(25(5)32(47)26(6)37(49)53-30)54-38-33(48)29(45(9)10)18-23(3)52-38/h12-16,19,21-26,29-30,33-35,38,48H,11,17-18,20H2,1-10H3,(H,44,50)/b14-13+/t22-,23-,24+,25+,26-,29+,30-,33-,34-,35-,38+,40-,41-/m1/s1. The van der Waals surface area contributed by atoms with Crippen LogP contribution >= 0.6 is 0 Å². The van der Waals surface area contributed by atoms with E-state index in [9.17, 15) is 24.3 Å². The molecule has 0 aliphatic carbocycles. The van der Waals surface area contributed by atoms with Gasteiger partial charge in [0.05, 0.1) is 30.5 Å². The summed E-state index contributed by atoms with van der Waals surface area (Å²) in [5, 5.41) is 15.2. The van der Waals surface area contributed by atoms with Crippen molar-refractivity contribution < 1.29 is 48.0 Å². The van der Waals surface area contributed by atoms with Gasteiger partial charge in [0.2, 0.25) is 0 Å². The molecule has 0 saturated carbocycles. The molecule has 1 amide bonds. The molecule has 2 aromatic rings. The number of esters is 1. The second-order valence-corrected chi connectivity index (χ2v) is 16.2. The van der Waals surface area contributed by atoms with E-state index < -0.39 is 83.4 Å². The number of likely N-dealkylation sites (N-methyl/N-ethyl adjacent to an activating group) is 1. The minimum absolute atomic E-state index is 0.0456. The largest absolute Gasteiger partial charge is 0.458 e. The van der Waals surface area contributed by atoms with Crippen molar-refractivity contribution in [3.8, 4) is 0 Å². The number of hydrogen-bond donors (Lipinski definition) is 2. The Kier molecular flexibility index (Phi) is 13.2. The molecule has 0 aromatic carbocycles. The van der Waals surface area contributed by atoms with Crippen molar-refractivity contribution in [1.29, 1.82) is 0 Å². The smallest absolute Gasteiger partial charge is 0.408 e. The first-order valence-electron chi connectivity index (χ1n) is 19.3. The number of amides is 1. The summed E-state index contributed by atoms with van der Waals surface area (Å²) in [6, 6.07) is 4.58. The summed E-state index contributed by atoms with van der Waals surface area (Å²) in [7, 11) is 3.73. The van der Waals surface area contributed by atoms with Gasteiger partial charge in [0.15, 0.2) is 23.3 Å². The van der Waals surface area contributed by atoms with Crippen LogP contribution in [0.1, 0.15) is 80.2 Å². The Morgan fingerprint density at radius 2 is 1.78 bits per heavy atom. The van der Waals surface area contributed by atoms with E-state index in [-0.39, 0.29) is 37.4 Å². The van der Waals surface area contributed by atoms with Crippen LogP contribution in [0.3, 0.4) is 0 Å². The Bertz CT molecular complexity index is 1750. The number of fused-ring (bicyclic) bond motifs is 2. The molecule has 3 saturated heterocycles. The summed E-state index contributed by atoms with van der Waals surface area (Å²) in [6.45, 7) is 13.8. The molecule has 0 unspecified atom stereocenters. The summed E-state index contributed by atoms with van der Waals surface area (Å²) in [4.78, 5) is 66.0. The fourth-order valence-corrected chi connectivity index (χ4v) is 8.62. The molecule has 0 radical (unpaired) electrons. The molecule has 14 nitrogen and oxygen atoms in total. The average Bonchev–Trinajstić information content (AvgIpc) is 3.47. The van der Waals surface area contributed by atoms with Gasteiger partial charge in [0, 0.05) is 41.6 Å². The first-order valence-corrected chi connectivity index (χ1v) is 19.3. The number of aliphatic hydroxyl groups excluding tert-OH is 1. The fourth-order valence-electron chi connectivity index (χ4n) is 8.62. The van der Waals surface area contributed by atoms with Gasteiger partial charge in [0.1, 0.15) is 23.9 Å². The highest BCUT2D eigenvalue weighted by atomic mass is 16.7. The molecule has 5 rings (SSSR count). The van der Waals surface area contributed by atoms with Crippen LogP contribution in [-0.4, -0.2) is 118 Å². The van der Waals surface area contributed by atoms with Crippen LogP contribution in [0, 0.1) is 23.7 Å². The Morgan fingerprint density at radius 3 is 2.47 bits per heavy atom. The lowest BCUT2D eigenvalue weighted by Gasteiger charge is -2.47. The molecular formula is C41H58N4O10. The number of aliphatic hydroxyl groups is 1. The molecule has 14 heteroatoms. The van der Waals surface area contributed by atoms with Gasteiger partial charge in [-0.1, -0.05) is 39.8 Å². The van der Waals surface area contributed by atoms with E-state index in [4.69, 9.17) is 23.7 Å². The predicted octanol–water partition coefficient (Wildman–Crippen LogP) is 4.50. The van der Waals surface area contributed by atoms with Crippen LogP contribution < -0.4 is 5.32 Å². The summed E-state index contributed by atoms with van der Waals surface area (Å²) in [5.74, 6) is -5.16. The first kappa shape index (κ1) is 42.3. The highest BCUT2D eigenvalue weighted by molar-refractivity contribution is 6.00. The fraction of sp³-hybridized carbons (Fsp3) is 0.659. The molecule has 302 valence electrons. The predicted molar refractivity (Wildman–Crippen MR) is 204 cm³/mol. The van der Waals surface area contributed by atoms with Crippen molar-refractivity contribution in [2.45, 2.75) is 129 Å². The molecule has 13 atom stereocenters. The first-order chi connectivity index (χ1) is 25.9. The number of alkyl carbamates (subject to hydrolysis) is 1. The monoisotopic (exact) mass is 766 g/mol. The van der Waals surface area contributed by atoms with Crippen LogP contribution in [-0.2, 0) is 38.1 Å². The van der Waals surface area contributed by atoms with Crippen molar-refractivity contribution in [2.75, 3.05) is 20.7 Å². The molecule has 5 heterocycles. The number of carbonyl (C=O) groups is 4. The van der Waals surface area contributed by atoms with Crippen molar-refractivity contribution >= 4 is 40.7 Å². The van der Waals surface area contributed by atoms with E-state index in [2.05, 4.69) is 15.3 Å². The van der Waals surface area contributed by atoms with Crippen LogP contribution in [0.5, 0.6) is 0 Å². The Hall–Kier alpha value is -3.82. The zero-order chi connectivity index (χ0) is 40.4. The van der Waals surface area contributed by atoms with Gasteiger partial charge in [-0.25, -0.2) is 14.8 Å². The summed E-state index contributed by atoms with van der Waals surface area (Å²) in [5.41, 5.74) is -1.31. The zero-order valence-electron chi connectivity index (χ0n) is 33.7. The third kappa shape index (κ3) is 8.93. The van der Waals surface area contributed by atoms with Crippen LogP contribution in [0.15, 0.2) is 36.7 Å². The van der Waals surface area contributed by atoms with Crippen molar-refractivity contribution in [3.05, 3.63) is 42.2 Å². The maximum absolute atomic E-state index is 14.4. The molecule has 2 N–H and O–H groups in total. The third-order valence-corrected chi connectivity index (χ3v) is 11.8. The van der Waals surface area contributed by atoms with Gasteiger partial charge in [-0.15, -0.1) is 0 Å². The molecule has 55 heavy (non-hydrogen) atoms. The number of ketones is 2. The number of nitrogens with zero attached hydrogens (tertiary/aromatic N) is 3. The number of hydrogen-bond acceptors (Lipinski definition) is 13. The number of aromatic nitrogens is 2. The highest BCUT2D eigenvalue weighted by Gasteiger charge is 2.57. The molecule has 0 bridgehead atoms. The number of carbonyl (C=O) groups excluding carboxylic acids is 4. The SMILES string of the molecule is CC[C@H]1OC(=O)[C@H](C)C(=O)[C@H](C)[C@@H](O[C@@H]2O[C@H](C)C[C@H](N(C)C)[C@H]2O)[C@](C)(OC/C=C/c2cnc3ncccc3c2)C[C@@H](C)C(=O)[C@H](C)[C@H]2NC(=O)O[C@@]21C. The topological polar surface area (TPSA) is 176 Å². The van der Waals surface area contributed by atoms with E-state index in [1.54, 1.807) is 53.9 Å². The number of cyclic esters (lactones) is 1. The van der Waals surface area contributed by atoms with Crippen LogP contribution in [0.25, 0.3) is 17.1 Å². The number of pyridine rings is 2.